The van der Waals surface area contributed by atoms with E-state index in [9.17, 15) is 0 Å². The molecule has 1 aromatic heterocycles. The Morgan fingerprint density at radius 3 is 2.00 bits per heavy atom. The van der Waals surface area contributed by atoms with Gasteiger partial charge in [-0.2, -0.15) is 0 Å². The third kappa shape index (κ3) is 5.18. The molecule has 21 heavy (non-hydrogen) atoms. The Kier molecular flexibility index (Phi) is 6.93. The lowest BCUT2D eigenvalue weighted by Gasteiger charge is -2.29. The average molecular weight is 292 g/mol. The molecular formula is C17H32N4. The molecule has 1 N–H and O–H groups in total. The van der Waals surface area contributed by atoms with Gasteiger partial charge in [0.05, 0.1) is 0 Å². The van der Waals surface area contributed by atoms with Gasteiger partial charge >= 0.3 is 0 Å². The van der Waals surface area contributed by atoms with Crippen molar-refractivity contribution in [2.24, 2.45) is 11.8 Å². The van der Waals surface area contributed by atoms with E-state index < -0.39 is 0 Å². The third-order valence-corrected chi connectivity index (χ3v) is 3.30. The molecule has 1 heterocycles. The number of hydrogen-bond acceptors (Lipinski definition) is 4. The Bertz CT molecular complexity index is 431. The lowest BCUT2D eigenvalue weighted by molar-refractivity contribution is 0.547. The smallest absolute Gasteiger partial charge is 0.137 e. The number of hydrogen-bond donors (Lipinski definition) is 1. The molecule has 1 aromatic rings. The lowest BCUT2D eigenvalue weighted by atomic mass is 10.1. The fraction of sp³-hybridized carbons (Fsp3) is 0.765. The van der Waals surface area contributed by atoms with Crippen molar-refractivity contribution in [2.45, 2.75) is 54.9 Å². The second-order valence-corrected chi connectivity index (χ2v) is 6.51. The van der Waals surface area contributed by atoms with Crippen molar-refractivity contribution in [1.29, 1.82) is 0 Å². The highest BCUT2D eigenvalue weighted by atomic mass is 15.2. The topological polar surface area (TPSA) is 41.1 Å². The summed E-state index contributed by atoms with van der Waals surface area (Å²) in [6, 6.07) is 0. The standard InChI is InChI=1S/C17H32N4/c1-8-15-19-16(18-9-2)14(7)17(20-15)21(10-12(3)4)11-13(5)6/h12-13H,8-11H2,1-7H3,(H,18,19,20). The molecule has 0 amide bonds. The number of aromatic nitrogens is 2. The van der Waals surface area contributed by atoms with Gasteiger partial charge in [-0.25, -0.2) is 9.97 Å². The molecule has 0 aliphatic rings. The summed E-state index contributed by atoms with van der Waals surface area (Å²) in [6.45, 7) is 18.3. The highest BCUT2D eigenvalue weighted by Crippen LogP contribution is 2.25. The van der Waals surface area contributed by atoms with Crippen molar-refractivity contribution in [3.63, 3.8) is 0 Å². The van der Waals surface area contributed by atoms with Gasteiger partial charge in [0.1, 0.15) is 17.5 Å². The first-order chi connectivity index (χ1) is 9.88. The van der Waals surface area contributed by atoms with E-state index in [-0.39, 0.29) is 0 Å². The van der Waals surface area contributed by atoms with Gasteiger partial charge in [0.25, 0.3) is 0 Å². The van der Waals surface area contributed by atoms with Crippen LogP contribution in [0.25, 0.3) is 0 Å². The van der Waals surface area contributed by atoms with E-state index in [0.717, 1.165) is 49.1 Å². The maximum Gasteiger partial charge on any atom is 0.137 e. The van der Waals surface area contributed by atoms with Crippen molar-refractivity contribution in [3.8, 4) is 0 Å². The third-order valence-electron chi connectivity index (χ3n) is 3.30. The van der Waals surface area contributed by atoms with Crippen LogP contribution in [0.3, 0.4) is 0 Å². The molecule has 0 spiro atoms. The van der Waals surface area contributed by atoms with E-state index in [1.54, 1.807) is 0 Å². The highest BCUT2D eigenvalue weighted by molar-refractivity contribution is 5.58. The number of nitrogens with zero attached hydrogens (tertiary/aromatic N) is 3. The summed E-state index contributed by atoms with van der Waals surface area (Å²) >= 11 is 0. The first kappa shape index (κ1) is 17.7. The normalized spacial score (nSPS) is 11.3. The van der Waals surface area contributed by atoms with Gasteiger partial charge in [0.15, 0.2) is 0 Å². The van der Waals surface area contributed by atoms with Crippen LogP contribution in [0.4, 0.5) is 11.6 Å². The monoisotopic (exact) mass is 292 g/mol. The second-order valence-electron chi connectivity index (χ2n) is 6.51. The van der Waals surface area contributed by atoms with Crippen molar-refractivity contribution < 1.29 is 0 Å². The molecule has 0 fully saturated rings. The van der Waals surface area contributed by atoms with E-state index in [4.69, 9.17) is 4.98 Å². The number of nitrogens with one attached hydrogen (secondary N) is 1. The Hall–Kier alpha value is -1.32. The lowest BCUT2D eigenvalue weighted by Crippen LogP contribution is -2.33. The zero-order chi connectivity index (χ0) is 16.0. The van der Waals surface area contributed by atoms with E-state index in [2.05, 4.69) is 63.7 Å². The summed E-state index contributed by atoms with van der Waals surface area (Å²) in [5.74, 6) is 4.23. The second kappa shape index (κ2) is 8.20. The van der Waals surface area contributed by atoms with Gasteiger partial charge in [0.2, 0.25) is 0 Å². The zero-order valence-electron chi connectivity index (χ0n) is 14.8. The van der Waals surface area contributed by atoms with Crippen LogP contribution < -0.4 is 10.2 Å². The van der Waals surface area contributed by atoms with Crippen molar-refractivity contribution in [3.05, 3.63) is 11.4 Å². The van der Waals surface area contributed by atoms with Gasteiger partial charge in [-0.05, 0) is 25.7 Å². The molecule has 0 aliphatic heterocycles. The summed E-state index contributed by atoms with van der Waals surface area (Å²) in [5, 5.41) is 3.37. The summed E-state index contributed by atoms with van der Waals surface area (Å²) < 4.78 is 0. The van der Waals surface area contributed by atoms with Crippen LogP contribution in [0.15, 0.2) is 0 Å². The molecule has 0 saturated heterocycles. The molecular weight excluding hydrogens is 260 g/mol. The molecule has 4 nitrogen and oxygen atoms in total. The van der Waals surface area contributed by atoms with Crippen LogP contribution in [-0.4, -0.2) is 29.6 Å². The first-order valence-corrected chi connectivity index (χ1v) is 8.25. The first-order valence-electron chi connectivity index (χ1n) is 8.25. The van der Waals surface area contributed by atoms with Crippen LogP contribution in [-0.2, 0) is 6.42 Å². The van der Waals surface area contributed by atoms with Crippen LogP contribution in [0, 0.1) is 18.8 Å². The average Bonchev–Trinajstić information content (AvgIpc) is 2.39. The largest absolute Gasteiger partial charge is 0.370 e. The molecule has 0 atom stereocenters. The molecule has 0 aromatic carbocycles. The van der Waals surface area contributed by atoms with Gasteiger partial charge in [-0.15, -0.1) is 0 Å². The fourth-order valence-corrected chi connectivity index (χ4v) is 2.48. The number of anilines is 2. The van der Waals surface area contributed by atoms with E-state index in [1.807, 2.05) is 0 Å². The Morgan fingerprint density at radius 1 is 1.00 bits per heavy atom. The quantitative estimate of drug-likeness (QED) is 0.789. The van der Waals surface area contributed by atoms with Crippen LogP contribution in [0.2, 0.25) is 0 Å². The van der Waals surface area contributed by atoms with Crippen molar-refractivity contribution in [1.82, 2.24) is 9.97 Å². The maximum atomic E-state index is 4.81. The molecule has 0 unspecified atom stereocenters. The summed E-state index contributed by atoms with van der Waals surface area (Å²) in [5.41, 5.74) is 1.16. The van der Waals surface area contributed by atoms with Gasteiger partial charge < -0.3 is 10.2 Å². The molecule has 0 saturated carbocycles. The Labute approximate surface area is 130 Å². The Morgan fingerprint density at radius 2 is 1.57 bits per heavy atom. The van der Waals surface area contributed by atoms with Crippen LogP contribution in [0.5, 0.6) is 0 Å². The summed E-state index contributed by atoms with van der Waals surface area (Å²) in [4.78, 5) is 11.9. The summed E-state index contributed by atoms with van der Waals surface area (Å²) in [7, 11) is 0. The predicted octanol–water partition coefficient (Wildman–Crippen LogP) is 3.90. The minimum absolute atomic E-state index is 0.616. The minimum atomic E-state index is 0.616. The molecule has 0 aliphatic carbocycles. The number of rotatable bonds is 8. The molecule has 120 valence electrons. The zero-order valence-corrected chi connectivity index (χ0v) is 14.8. The molecule has 0 bridgehead atoms. The van der Waals surface area contributed by atoms with Crippen LogP contribution >= 0.6 is 0 Å². The van der Waals surface area contributed by atoms with Crippen LogP contribution in [0.1, 0.15) is 52.9 Å². The maximum absolute atomic E-state index is 4.81. The SMILES string of the molecule is CCNc1nc(CC)nc(N(CC(C)C)CC(C)C)c1C. The Balaban J connectivity index is 3.23. The molecule has 4 heteroatoms. The highest BCUT2D eigenvalue weighted by Gasteiger charge is 2.18. The fourth-order valence-electron chi connectivity index (χ4n) is 2.48. The van der Waals surface area contributed by atoms with E-state index >= 15 is 0 Å². The van der Waals surface area contributed by atoms with E-state index in [1.165, 1.54) is 0 Å². The molecule has 1 rings (SSSR count). The molecule has 0 radical (unpaired) electrons. The van der Waals surface area contributed by atoms with Gasteiger partial charge in [0, 0.05) is 31.6 Å². The van der Waals surface area contributed by atoms with Gasteiger partial charge in [-0.1, -0.05) is 34.6 Å². The van der Waals surface area contributed by atoms with Crippen molar-refractivity contribution in [2.75, 3.05) is 29.9 Å². The van der Waals surface area contributed by atoms with E-state index in [0.29, 0.717) is 11.8 Å². The predicted molar refractivity (Wildman–Crippen MR) is 92.2 cm³/mol. The minimum Gasteiger partial charge on any atom is -0.370 e. The summed E-state index contributed by atoms with van der Waals surface area (Å²) in [6.07, 6.45) is 0.864. The van der Waals surface area contributed by atoms with Crippen molar-refractivity contribution >= 4 is 11.6 Å². The number of aryl methyl sites for hydroxylation is 1. The van der Waals surface area contributed by atoms with Gasteiger partial charge in [-0.3, -0.25) is 0 Å².